The van der Waals surface area contributed by atoms with Gasteiger partial charge in [0.15, 0.2) is 0 Å². The first-order valence-electron chi connectivity index (χ1n) is 7.41. The fourth-order valence-electron chi connectivity index (χ4n) is 2.77. The maximum absolute atomic E-state index is 11.6. The third-order valence-corrected chi connectivity index (χ3v) is 4.90. The van der Waals surface area contributed by atoms with Crippen molar-refractivity contribution in [3.63, 3.8) is 0 Å². The smallest absolute Gasteiger partial charge is 0.238 e. The van der Waals surface area contributed by atoms with E-state index in [1.807, 2.05) is 6.07 Å². The third-order valence-electron chi connectivity index (χ3n) is 3.84. The largest absolute Gasteiger partial charge is 0.382 e. The molecule has 1 heterocycles. The molecule has 2 unspecified atom stereocenters. The molecule has 0 amide bonds. The molecule has 1 aromatic rings. The molecule has 2 atom stereocenters. The number of rotatable bonds is 5. The van der Waals surface area contributed by atoms with Crippen molar-refractivity contribution in [2.75, 3.05) is 11.9 Å². The zero-order chi connectivity index (χ0) is 15.5. The Morgan fingerprint density at radius 3 is 2.86 bits per heavy atom. The van der Waals surface area contributed by atoms with Crippen LogP contribution >= 0.6 is 0 Å². The number of hydrogen-bond donors (Lipinski definition) is 2. The Morgan fingerprint density at radius 2 is 2.19 bits per heavy atom. The van der Waals surface area contributed by atoms with Crippen molar-refractivity contribution in [1.82, 2.24) is 0 Å². The topological polar surface area (TPSA) is 81.4 Å². The highest BCUT2D eigenvalue weighted by Gasteiger charge is 2.22. The first-order chi connectivity index (χ1) is 9.90. The molecular weight excluding hydrogens is 288 g/mol. The predicted molar refractivity (Wildman–Crippen MR) is 83.8 cm³/mol. The molecule has 0 radical (unpaired) electrons. The summed E-state index contributed by atoms with van der Waals surface area (Å²) in [6.07, 6.45) is 4.35. The van der Waals surface area contributed by atoms with E-state index in [1.165, 1.54) is 0 Å². The number of anilines is 1. The van der Waals surface area contributed by atoms with Crippen LogP contribution in [-0.4, -0.2) is 27.2 Å². The molecule has 3 N–H and O–H groups in total. The lowest BCUT2D eigenvalue weighted by Gasteiger charge is -2.30. The monoisotopic (exact) mass is 312 g/mol. The number of ether oxygens (including phenoxy) is 1. The van der Waals surface area contributed by atoms with E-state index >= 15 is 0 Å². The Bertz CT molecular complexity index is 585. The summed E-state index contributed by atoms with van der Waals surface area (Å²) < 4.78 is 28.9. The van der Waals surface area contributed by atoms with Crippen molar-refractivity contribution in [2.24, 2.45) is 5.14 Å². The molecule has 6 heteroatoms. The zero-order valence-electron chi connectivity index (χ0n) is 12.6. The molecule has 0 aliphatic carbocycles. The van der Waals surface area contributed by atoms with E-state index in [0.29, 0.717) is 17.7 Å². The summed E-state index contributed by atoms with van der Waals surface area (Å²) in [5.41, 5.74) is 1.46. The standard InChI is InChI=1S/C15H24N2O3S/c1-3-4-14-9-13(7-8-20-14)17-12-6-5-11(2)15(10-12)21(16,18)19/h5-6,10,13-14,17H,3-4,7-9H2,1-2H3,(H2,16,18,19). The van der Waals surface area contributed by atoms with Crippen molar-refractivity contribution < 1.29 is 13.2 Å². The van der Waals surface area contributed by atoms with E-state index in [1.54, 1.807) is 19.1 Å². The van der Waals surface area contributed by atoms with Gasteiger partial charge in [0.05, 0.1) is 11.0 Å². The normalized spacial score (nSPS) is 23.0. The SMILES string of the molecule is CCCC1CC(Nc2ccc(C)c(S(N)(=O)=O)c2)CCO1. The Morgan fingerprint density at radius 1 is 1.43 bits per heavy atom. The van der Waals surface area contributed by atoms with E-state index in [0.717, 1.165) is 38.0 Å². The summed E-state index contributed by atoms with van der Waals surface area (Å²) in [6.45, 7) is 4.64. The first-order valence-corrected chi connectivity index (χ1v) is 8.96. The van der Waals surface area contributed by atoms with E-state index < -0.39 is 10.0 Å². The molecule has 21 heavy (non-hydrogen) atoms. The Labute approximate surface area is 126 Å². The second-order valence-electron chi connectivity index (χ2n) is 5.67. The first kappa shape index (κ1) is 16.3. The van der Waals surface area contributed by atoms with E-state index in [9.17, 15) is 8.42 Å². The molecule has 0 saturated carbocycles. The molecular formula is C15H24N2O3S. The van der Waals surface area contributed by atoms with Gasteiger partial charge in [-0.2, -0.15) is 0 Å². The Balaban J connectivity index is 2.09. The van der Waals surface area contributed by atoms with Crippen molar-refractivity contribution >= 4 is 15.7 Å². The van der Waals surface area contributed by atoms with Gasteiger partial charge in [-0.1, -0.05) is 19.4 Å². The van der Waals surface area contributed by atoms with Gasteiger partial charge in [-0.05, 0) is 43.9 Å². The Hall–Kier alpha value is -1.11. The number of aryl methyl sites for hydroxylation is 1. The zero-order valence-corrected chi connectivity index (χ0v) is 13.4. The molecule has 0 spiro atoms. The lowest BCUT2D eigenvalue weighted by atomic mass is 10.00. The molecule has 1 fully saturated rings. The molecule has 1 aliphatic rings. The average Bonchev–Trinajstić information content (AvgIpc) is 2.40. The highest BCUT2D eigenvalue weighted by Crippen LogP contribution is 2.24. The maximum Gasteiger partial charge on any atom is 0.238 e. The van der Waals surface area contributed by atoms with Crippen LogP contribution in [0.5, 0.6) is 0 Å². The van der Waals surface area contributed by atoms with Crippen molar-refractivity contribution in [1.29, 1.82) is 0 Å². The minimum atomic E-state index is -3.68. The molecule has 0 bridgehead atoms. The van der Waals surface area contributed by atoms with Crippen LogP contribution in [0.4, 0.5) is 5.69 Å². The lowest BCUT2D eigenvalue weighted by molar-refractivity contribution is 0.00597. The van der Waals surface area contributed by atoms with Crippen molar-refractivity contribution in [3.05, 3.63) is 23.8 Å². The van der Waals surface area contributed by atoms with Gasteiger partial charge >= 0.3 is 0 Å². The van der Waals surface area contributed by atoms with Gasteiger partial charge in [-0.25, -0.2) is 13.6 Å². The maximum atomic E-state index is 11.6. The predicted octanol–water partition coefficient (Wildman–Crippen LogP) is 2.40. The third kappa shape index (κ3) is 4.43. The quantitative estimate of drug-likeness (QED) is 0.875. The summed E-state index contributed by atoms with van der Waals surface area (Å²) in [4.78, 5) is 0.185. The van der Waals surface area contributed by atoms with Gasteiger partial charge in [0.25, 0.3) is 0 Å². The second-order valence-corrected chi connectivity index (χ2v) is 7.20. The van der Waals surface area contributed by atoms with Gasteiger partial charge in [0.2, 0.25) is 10.0 Å². The average molecular weight is 312 g/mol. The molecule has 1 saturated heterocycles. The lowest BCUT2D eigenvalue weighted by Crippen LogP contribution is -2.34. The van der Waals surface area contributed by atoms with E-state index in [-0.39, 0.29) is 4.90 Å². The van der Waals surface area contributed by atoms with Gasteiger partial charge in [-0.15, -0.1) is 0 Å². The van der Waals surface area contributed by atoms with Crippen LogP contribution in [0.1, 0.15) is 38.2 Å². The number of hydrogen-bond acceptors (Lipinski definition) is 4. The minimum absolute atomic E-state index is 0.185. The molecule has 1 aromatic carbocycles. The van der Waals surface area contributed by atoms with Gasteiger partial charge < -0.3 is 10.1 Å². The van der Waals surface area contributed by atoms with Gasteiger partial charge in [0.1, 0.15) is 0 Å². The van der Waals surface area contributed by atoms with Crippen LogP contribution in [0.2, 0.25) is 0 Å². The fraction of sp³-hybridized carbons (Fsp3) is 0.600. The number of sulfonamides is 1. The summed E-state index contributed by atoms with van der Waals surface area (Å²) in [6, 6.07) is 5.61. The summed E-state index contributed by atoms with van der Waals surface area (Å²) in [5, 5.41) is 8.65. The van der Waals surface area contributed by atoms with Crippen LogP contribution in [0.3, 0.4) is 0 Å². The van der Waals surface area contributed by atoms with Crippen LogP contribution in [0.15, 0.2) is 23.1 Å². The second kappa shape index (κ2) is 6.77. The fourth-order valence-corrected chi connectivity index (χ4v) is 3.57. The van der Waals surface area contributed by atoms with Gasteiger partial charge in [0, 0.05) is 18.3 Å². The molecule has 118 valence electrons. The van der Waals surface area contributed by atoms with Crippen LogP contribution in [0, 0.1) is 6.92 Å². The minimum Gasteiger partial charge on any atom is -0.382 e. The van der Waals surface area contributed by atoms with Crippen LogP contribution < -0.4 is 10.5 Å². The molecule has 1 aliphatic heterocycles. The number of nitrogens with two attached hydrogens (primary N) is 1. The van der Waals surface area contributed by atoms with Crippen LogP contribution in [0.25, 0.3) is 0 Å². The highest BCUT2D eigenvalue weighted by atomic mass is 32.2. The van der Waals surface area contributed by atoms with E-state index in [2.05, 4.69) is 12.2 Å². The summed E-state index contributed by atoms with van der Waals surface area (Å²) in [7, 11) is -3.68. The molecule has 5 nitrogen and oxygen atoms in total. The summed E-state index contributed by atoms with van der Waals surface area (Å²) in [5.74, 6) is 0. The highest BCUT2D eigenvalue weighted by molar-refractivity contribution is 7.89. The van der Waals surface area contributed by atoms with Crippen molar-refractivity contribution in [3.8, 4) is 0 Å². The number of nitrogens with one attached hydrogen (secondary N) is 1. The molecule has 2 rings (SSSR count). The van der Waals surface area contributed by atoms with Crippen molar-refractivity contribution in [2.45, 2.75) is 56.6 Å². The molecule has 0 aromatic heterocycles. The van der Waals surface area contributed by atoms with Crippen LogP contribution in [-0.2, 0) is 14.8 Å². The Kier molecular flexibility index (Phi) is 5.24. The summed E-state index contributed by atoms with van der Waals surface area (Å²) >= 11 is 0. The number of primary sulfonamides is 1. The number of benzene rings is 1. The van der Waals surface area contributed by atoms with E-state index in [4.69, 9.17) is 9.88 Å². The van der Waals surface area contributed by atoms with Gasteiger partial charge in [-0.3, -0.25) is 0 Å².